The highest BCUT2D eigenvalue weighted by Crippen LogP contribution is 2.25. The van der Waals surface area contributed by atoms with Crippen LogP contribution in [0.2, 0.25) is 5.02 Å². The van der Waals surface area contributed by atoms with Gasteiger partial charge in [0.15, 0.2) is 0 Å². The van der Waals surface area contributed by atoms with Crippen LogP contribution < -0.4 is 9.62 Å². The number of carbonyl (C=O) groups is 1. The molecular formula is C16H17ClN2O3S. The molecule has 0 aliphatic carbocycles. The van der Waals surface area contributed by atoms with Gasteiger partial charge in [-0.2, -0.15) is 0 Å². The number of para-hydroxylation sites is 1. The van der Waals surface area contributed by atoms with Crippen LogP contribution in [0.4, 0.5) is 11.4 Å². The Kier molecular flexibility index (Phi) is 4.97. The molecule has 0 bridgehead atoms. The third kappa shape index (κ3) is 4.03. The number of benzene rings is 2. The van der Waals surface area contributed by atoms with Gasteiger partial charge < -0.3 is 5.32 Å². The van der Waals surface area contributed by atoms with Gasteiger partial charge in [0.05, 0.1) is 22.7 Å². The molecule has 5 nitrogen and oxygen atoms in total. The molecule has 2 aromatic carbocycles. The van der Waals surface area contributed by atoms with Gasteiger partial charge in [0, 0.05) is 12.6 Å². The van der Waals surface area contributed by atoms with Crippen LogP contribution in [0, 0.1) is 6.92 Å². The molecule has 1 amide bonds. The van der Waals surface area contributed by atoms with Crippen molar-refractivity contribution >= 4 is 38.9 Å². The Morgan fingerprint density at radius 1 is 1.17 bits per heavy atom. The van der Waals surface area contributed by atoms with Gasteiger partial charge in [-0.25, -0.2) is 8.42 Å². The first-order valence-corrected chi connectivity index (χ1v) is 9.03. The highest BCUT2D eigenvalue weighted by atomic mass is 35.5. The van der Waals surface area contributed by atoms with Crippen LogP contribution in [0.3, 0.4) is 0 Å². The number of hydrogen-bond acceptors (Lipinski definition) is 3. The van der Waals surface area contributed by atoms with E-state index in [1.165, 1.54) is 7.05 Å². The molecule has 0 radical (unpaired) electrons. The van der Waals surface area contributed by atoms with Crippen molar-refractivity contribution in [3.8, 4) is 0 Å². The molecule has 0 heterocycles. The lowest BCUT2D eigenvalue weighted by Crippen LogP contribution is -2.26. The van der Waals surface area contributed by atoms with Crippen LogP contribution in [0.25, 0.3) is 0 Å². The Hall–Kier alpha value is -2.05. The van der Waals surface area contributed by atoms with Crippen molar-refractivity contribution in [2.75, 3.05) is 22.9 Å². The van der Waals surface area contributed by atoms with E-state index in [4.69, 9.17) is 11.6 Å². The summed E-state index contributed by atoms with van der Waals surface area (Å²) in [7, 11) is -1.95. The molecule has 1 N–H and O–H groups in total. The maximum Gasteiger partial charge on any atom is 0.255 e. The summed E-state index contributed by atoms with van der Waals surface area (Å²) in [5.41, 5.74) is 2.06. The Morgan fingerprint density at radius 3 is 2.43 bits per heavy atom. The van der Waals surface area contributed by atoms with Crippen molar-refractivity contribution in [1.29, 1.82) is 0 Å². The smallest absolute Gasteiger partial charge is 0.255 e. The molecule has 0 atom stereocenters. The van der Waals surface area contributed by atoms with E-state index < -0.39 is 10.0 Å². The number of carbonyl (C=O) groups excluding carboxylic acids is 1. The summed E-state index contributed by atoms with van der Waals surface area (Å²) in [6.45, 7) is 1.78. The number of rotatable bonds is 4. The van der Waals surface area contributed by atoms with Gasteiger partial charge in [-0.1, -0.05) is 29.8 Å². The summed E-state index contributed by atoms with van der Waals surface area (Å²) in [5, 5.41) is 3.14. The molecule has 0 saturated carbocycles. The van der Waals surface area contributed by atoms with Crippen molar-refractivity contribution in [3.05, 3.63) is 58.6 Å². The van der Waals surface area contributed by atoms with Crippen molar-refractivity contribution in [2.45, 2.75) is 6.92 Å². The van der Waals surface area contributed by atoms with Crippen LogP contribution in [0.5, 0.6) is 0 Å². The zero-order chi connectivity index (χ0) is 17.2. The minimum atomic E-state index is -3.41. The number of aryl methyl sites for hydroxylation is 1. The summed E-state index contributed by atoms with van der Waals surface area (Å²) >= 11 is 6.02. The maximum absolute atomic E-state index is 12.4. The predicted molar refractivity (Wildman–Crippen MR) is 93.8 cm³/mol. The molecule has 0 fully saturated rings. The van der Waals surface area contributed by atoms with Crippen molar-refractivity contribution in [2.24, 2.45) is 0 Å². The molecular weight excluding hydrogens is 336 g/mol. The third-order valence-electron chi connectivity index (χ3n) is 3.43. The normalized spacial score (nSPS) is 11.1. The van der Waals surface area contributed by atoms with E-state index in [9.17, 15) is 13.2 Å². The highest BCUT2D eigenvalue weighted by Gasteiger charge is 2.17. The number of halogens is 1. The SMILES string of the molecule is Cc1ccc(C(=O)Nc2ccccc2Cl)cc1N(C)S(C)(=O)=O. The van der Waals surface area contributed by atoms with E-state index in [1.54, 1.807) is 49.4 Å². The van der Waals surface area contributed by atoms with Crippen LogP contribution in [0.1, 0.15) is 15.9 Å². The Labute approximate surface area is 140 Å². The number of hydrogen-bond donors (Lipinski definition) is 1. The Balaban J connectivity index is 2.34. The molecule has 2 rings (SSSR count). The van der Waals surface area contributed by atoms with E-state index in [1.807, 2.05) is 0 Å². The average Bonchev–Trinajstić information content (AvgIpc) is 2.48. The second kappa shape index (κ2) is 6.60. The zero-order valence-corrected chi connectivity index (χ0v) is 14.6. The van der Waals surface area contributed by atoms with Gasteiger partial charge in [-0.15, -0.1) is 0 Å². The zero-order valence-electron chi connectivity index (χ0n) is 13.0. The predicted octanol–water partition coefficient (Wildman–Crippen LogP) is 3.30. The van der Waals surface area contributed by atoms with Gasteiger partial charge in [0.1, 0.15) is 0 Å². The minimum absolute atomic E-state index is 0.348. The van der Waals surface area contributed by atoms with Crippen molar-refractivity contribution in [3.63, 3.8) is 0 Å². The lowest BCUT2D eigenvalue weighted by molar-refractivity contribution is 0.102. The lowest BCUT2D eigenvalue weighted by Gasteiger charge is -2.19. The molecule has 0 saturated heterocycles. The summed E-state index contributed by atoms with van der Waals surface area (Å²) in [5.74, 6) is -0.360. The van der Waals surface area contributed by atoms with Crippen molar-refractivity contribution in [1.82, 2.24) is 0 Å². The Bertz CT molecular complexity index is 850. The summed E-state index contributed by atoms with van der Waals surface area (Å²) in [4.78, 5) is 12.4. The number of sulfonamides is 1. The van der Waals surface area contributed by atoms with Crippen LogP contribution in [0.15, 0.2) is 42.5 Å². The van der Waals surface area contributed by atoms with Crippen LogP contribution in [-0.4, -0.2) is 27.6 Å². The maximum atomic E-state index is 12.4. The molecule has 0 spiro atoms. The van der Waals surface area contributed by atoms with E-state index in [0.29, 0.717) is 22.0 Å². The Morgan fingerprint density at radius 2 is 1.83 bits per heavy atom. The van der Waals surface area contributed by atoms with E-state index in [-0.39, 0.29) is 5.91 Å². The number of amides is 1. The fourth-order valence-corrected chi connectivity index (χ4v) is 2.76. The molecule has 7 heteroatoms. The van der Waals surface area contributed by atoms with E-state index >= 15 is 0 Å². The van der Waals surface area contributed by atoms with E-state index in [2.05, 4.69) is 5.32 Å². The second-order valence-corrected chi connectivity index (χ2v) is 7.59. The average molecular weight is 353 g/mol. The monoisotopic (exact) mass is 352 g/mol. The summed E-state index contributed by atoms with van der Waals surface area (Å²) < 4.78 is 24.6. The number of nitrogens with one attached hydrogen (secondary N) is 1. The molecule has 0 aliphatic rings. The number of nitrogens with zero attached hydrogens (tertiary/aromatic N) is 1. The molecule has 0 aromatic heterocycles. The topological polar surface area (TPSA) is 66.5 Å². The van der Waals surface area contributed by atoms with Gasteiger partial charge in [0.25, 0.3) is 5.91 Å². The quantitative estimate of drug-likeness (QED) is 0.918. The van der Waals surface area contributed by atoms with Gasteiger partial charge >= 0.3 is 0 Å². The second-order valence-electron chi connectivity index (χ2n) is 5.17. The van der Waals surface area contributed by atoms with Crippen LogP contribution >= 0.6 is 11.6 Å². The minimum Gasteiger partial charge on any atom is -0.321 e. The highest BCUT2D eigenvalue weighted by molar-refractivity contribution is 7.92. The summed E-state index contributed by atoms with van der Waals surface area (Å²) in [6.07, 6.45) is 1.11. The molecule has 23 heavy (non-hydrogen) atoms. The van der Waals surface area contributed by atoms with Gasteiger partial charge in [0.2, 0.25) is 10.0 Å². The fraction of sp³-hybridized carbons (Fsp3) is 0.188. The number of anilines is 2. The fourth-order valence-electron chi connectivity index (χ4n) is 2.03. The van der Waals surface area contributed by atoms with Crippen molar-refractivity contribution < 1.29 is 13.2 Å². The first kappa shape index (κ1) is 17.3. The van der Waals surface area contributed by atoms with Gasteiger partial charge in [-0.3, -0.25) is 9.10 Å². The molecule has 0 unspecified atom stereocenters. The standard InChI is InChI=1S/C16H17ClN2O3S/c1-11-8-9-12(10-15(11)19(2)23(3,21)22)16(20)18-14-7-5-4-6-13(14)17/h4-10H,1-3H3,(H,18,20). The largest absolute Gasteiger partial charge is 0.321 e. The van der Waals surface area contributed by atoms with E-state index in [0.717, 1.165) is 16.1 Å². The molecule has 2 aromatic rings. The lowest BCUT2D eigenvalue weighted by atomic mass is 10.1. The van der Waals surface area contributed by atoms with Gasteiger partial charge in [-0.05, 0) is 36.8 Å². The summed E-state index contributed by atoms with van der Waals surface area (Å²) in [6, 6.07) is 11.8. The van der Waals surface area contributed by atoms with Crippen LogP contribution in [-0.2, 0) is 10.0 Å². The third-order valence-corrected chi connectivity index (χ3v) is 4.95. The first-order chi connectivity index (χ1) is 10.7. The molecule has 0 aliphatic heterocycles. The first-order valence-electron chi connectivity index (χ1n) is 6.80. The molecule has 122 valence electrons.